The number of amides is 1. The number of carbonyl (C=O) groups excluding carboxylic acids is 1. The lowest BCUT2D eigenvalue weighted by Gasteiger charge is -2.06. The molecular formula is C13H12Cl2N4OS. The molecule has 0 spiro atoms. The molecule has 0 bridgehead atoms. The molecule has 0 atom stereocenters. The monoisotopic (exact) mass is 342 g/mol. The summed E-state index contributed by atoms with van der Waals surface area (Å²) in [6.45, 7) is 1.76. The van der Waals surface area contributed by atoms with E-state index in [1.165, 1.54) is 22.5 Å². The number of halogens is 2. The van der Waals surface area contributed by atoms with E-state index in [0.717, 1.165) is 0 Å². The van der Waals surface area contributed by atoms with Crippen LogP contribution in [-0.2, 0) is 4.79 Å². The van der Waals surface area contributed by atoms with Crippen LogP contribution < -0.4 is 5.43 Å². The van der Waals surface area contributed by atoms with Gasteiger partial charge in [0.25, 0.3) is 5.91 Å². The van der Waals surface area contributed by atoms with Crippen LogP contribution in [0.15, 0.2) is 29.4 Å². The maximum absolute atomic E-state index is 11.9. The molecule has 1 aromatic heterocycles. The highest BCUT2D eigenvalue weighted by Crippen LogP contribution is 2.22. The molecule has 0 saturated carbocycles. The maximum Gasteiger partial charge on any atom is 0.262 e. The van der Waals surface area contributed by atoms with Gasteiger partial charge in [-0.3, -0.25) is 10.2 Å². The fraction of sp³-hybridized carbons (Fsp3) is 0.154. The zero-order valence-corrected chi connectivity index (χ0v) is 13.6. The van der Waals surface area contributed by atoms with Crippen molar-refractivity contribution in [3.8, 4) is 0 Å². The lowest BCUT2D eigenvalue weighted by atomic mass is 10.2. The van der Waals surface area contributed by atoms with Crippen molar-refractivity contribution < 1.29 is 4.79 Å². The minimum atomic E-state index is -0.306. The second-order valence-electron chi connectivity index (χ2n) is 4.04. The van der Waals surface area contributed by atoms with E-state index in [2.05, 4.69) is 15.6 Å². The van der Waals surface area contributed by atoms with Crippen molar-refractivity contribution >= 4 is 46.9 Å². The van der Waals surface area contributed by atoms with Gasteiger partial charge in [0, 0.05) is 16.1 Å². The molecule has 5 nitrogen and oxygen atoms in total. The topological polar surface area (TPSA) is 59.8 Å². The van der Waals surface area contributed by atoms with Gasteiger partial charge in [0.2, 0.25) is 5.16 Å². The van der Waals surface area contributed by atoms with Crippen molar-refractivity contribution in [2.75, 3.05) is 11.7 Å². The van der Waals surface area contributed by atoms with Gasteiger partial charge in [0.1, 0.15) is 5.82 Å². The van der Waals surface area contributed by atoms with E-state index in [-0.39, 0.29) is 5.91 Å². The van der Waals surface area contributed by atoms with Crippen LogP contribution in [0.25, 0.3) is 6.08 Å². The molecule has 0 unspecified atom stereocenters. The molecule has 0 fully saturated rings. The molecule has 1 N–H and O–H groups in total. The number of nitrogens with zero attached hydrogens (tertiary/aromatic N) is 3. The average molecular weight is 343 g/mol. The predicted octanol–water partition coefficient (Wildman–Crippen LogP) is 3.40. The van der Waals surface area contributed by atoms with E-state index < -0.39 is 0 Å². The van der Waals surface area contributed by atoms with Crippen molar-refractivity contribution in [2.24, 2.45) is 0 Å². The van der Waals surface area contributed by atoms with Crippen LogP contribution in [0.3, 0.4) is 0 Å². The minimum Gasteiger partial charge on any atom is -0.268 e. The Hall–Kier alpha value is -1.50. The van der Waals surface area contributed by atoms with Crippen molar-refractivity contribution in [1.82, 2.24) is 14.9 Å². The van der Waals surface area contributed by atoms with Crippen LogP contribution in [0, 0.1) is 6.92 Å². The summed E-state index contributed by atoms with van der Waals surface area (Å²) in [4.78, 5) is 11.9. The summed E-state index contributed by atoms with van der Waals surface area (Å²) >= 11 is 13.2. The van der Waals surface area contributed by atoms with Crippen LogP contribution in [0.1, 0.15) is 11.4 Å². The zero-order chi connectivity index (χ0) is 15.4. The first-order chi connectivity index (χ1) is 10.0. The molecule has 8 heteroatoms. The molecular weight excluding hydrogens is 331 g/mol. The molecule has 2 aromatic rings. The number of thioether (sulfide) groups is 1. The van der Waals surface area contributed by atoms with Crippen LogP contribution in [0.4, 0.5) is 0 Å². The van der Waals surface area contributed by atoms with Gasteiger partial charge in [-0.05, 0) is 37.0 Å². The molecule has 2 rings (SSSR count). The lowest BCUT2D eigenvalue weighted by molar-refractivity contribution is -0.112. The van der Waals surface area contributed by atoms with Gasteiger partial charge in [-0.2, -0.15) is 0 Å². The SMILES string of the molecule is CSc1nnc(C)n1NC(=O)C=Cc1ccc(Cl)cc1Cl. The van der Waals surface area contributed by atoms with Gasteiger partial charge in [0.05, 0.1) is 0 Å². The third-order valence-electron chi connectivity index (χ3n) is 2.58. The Morgan fingerprint density at radius 2 is 2.14 bits per heavy atom. The Labute approximate surface area is 136 Å². The Balaban J connectivity index is 2.11. The fourth-order valence-electron chi connectivity index (χ4n) is 1.55. The highest BCUT2D eigenvalue weighted by atomic mass is 35.5. The first kappa shape index (κ1) is 15.9. The molecule has 21 heavy (non-hydrogen) atoms. The first-order valence-corrected chi connectivity index (χ1v) is 7.89. The van der Waals surface area contributed by atoms with Crippen molar-refractivity contribution in [1.29, 1.82) is 0 Å². The van der Waals surface area contributed by atoms with Gasteiger partial charge in [0.15, 0.2) is 0 Å². The van der Waals surface area contributed by atoms with Gasteiger partial charge >= 0.3 is 0 Å². The molecule has 110 valence electrons. The summed E-state index contributed by atoms with van der Waals surface area (Å²) in [6.07, 6.45) is 4.86. The van der Waals surface area contributed by atoms with Crippen molar-refractivity contribution in [3.05, 3.63) is 45.7 Å². The van der Waals surface area contributed by atoms with E-state index >= 15 is 0 Å². The molecule has 0 aliphatic rings. The summed E-state index contributed by atoms with van der Waals surface area (Å²) in [7, 11) is 0. The number of hydrogen-bond donors (Lipinski definition) is 1. The highest BCUT2D eigenvalue weighted by Gasteiger charge is 2.09. The lowest BCUT2D eigenvalue weighted by Crippen LogP contribution is -2.22. The minimum absolute atomic E-state index is 0.306. The highest BCUT2D eigenvalue weighted by molar-refractivity contribution is 7.98. The van der Waals surface area contributed by atoms with Crippen molar-refractivity contribution in [2.45, 2.75) is 12.1 Å². The number of aromatic nitrogens is 3. The van der Waals surface area contributed by atoms with Crippen LogP contribution in [-0.4, -0.2) is 27.0 Å². The number of nitrogens with one attached hydrogen (secondary N) is 1. The number of rotatable bonds is 4. The summed E-state index contributed by atoms with van der Waals surface area (Å²) in [6, 6.07) is 5.07. The standard InChI is InChI=1S/C13H12Cl2N4OS/c1-8-16-17-13(21-2)19(8)18-12(20)6-4-9-3-5-10(14)7-11(9)15/h3-7H,1-2H3,(H,18,20). The second kappa shape index (κ2) is 6.98. The normalized spacial score (nSPS) is 11.0. The van der Waals surface area contributed by atoms with E-state index in [0.29, 0.717) is 26.6 Å². The average Bonchev–Trinajstić information content (AvgIpc) is 2.78. The molecule has 0 aliphatic carbocycles. The number of carbonyl (C=O) groups is 1. The molecule has 0 aliphatic heterocycles. The molecule has 0 radical (unpaired) electrons. The van der Waals surface area contributed by atoms with Gasteiger partial charge in [-0.15, -0.1) is 10.2 Å². The summed E-state index contributed by atoms with van der Waals surface area (Å²) in [5, 5.41) is 9.47. The summed E-state index contributed by atoms with van der Waals surface area (Å²) in [5.41, 5.74) is 3.40. The Morgan fingerprint density at radius 1 is 1.38 bits per heavy atom. The second-order valence-corrected chi connectivity index (χ2v) is 5.66. The molecule has 0 saturated heterocycles. The Kier molecular flexibility index (Phi) is 5.27. The molecule has 1 amide bonds. The van der Waals surface area contributed by atoms with E-state index in [9.17, 15) is 4.79 Å². The smallest absolute Gasteiger partial charge is 0.262 e. The zero-order valence-electron chi connectivity index (χ0n) is 11.3. The number of benzene rings is 1. The molecule has 1 heterocycles. The predicted molar refractivity (Wildman–Crippen MR) is 86.4 cm³/mol. The first-order valence-electron chi connectivity index (χ1n) is 5.91. The molecule has 1 aromatic carbocycles. The van der Waals surface area contributed by atoms with E-state index in [4.69, 9.17) is 23.2 Å². The Morgan fingerprint density at radius 3 is 2.81 bits per heavy atom. The fourth-order valence-corrected chi connectivity index (χ4v) is 2.51. The van der Waals surface area contributed by atoms with Gasteiger partial charge in [-0.1, -0.05) is 41.0 Å². The third-order valence-corrected chi connectivity index (χ3v) is 3.77. The van der Waals surface area contributed by atoms with Crippen LogP contribution >= 0.6 is 35.0 Å². The quantitative estimate of drug-likeness (QED) is 0.683. The summed E-state index contributed by atoms with van der Waals surface area (Å²) < 4.78 is 1.53. The Bertz CT molecular complexity index is 699. The number of hydrogen-bond acceptors (Lipinski definition) is 4. The van der Waals surface area contributed by atoms with Crippen molar-refractivity contribution in [3.63, 3.8) is 0 Å². The summed E-state index contributed by atoms with van der Waals surface area (Å²) in [5.74, 6) is 0.296. The van der Waals surface area contributed by atoms with E-state index in [1.54, 1.807) is 31.2 Å². The van der Waals surface area contributed by atoms with Gasteiger partial charge < -0.3 is 0 Å². The third kappa shape index (κ3) is 4.00. The van der Waals surface area contributed by atoms with E-state index in [1.807, 2.05) is 6.26 Å². The number of aryl methyl sites for hydroxylation is 1. The largest absolute Gasteiger partial charge is 0.268 e. The van der Waals surface area contributed by atoms with Gasteiger partial charge in [-0.25, -0.2) is 4.68 Å². The van der Waals surface area contributed by atoms with Crippen LogP contribution in [0.5, 0.6) is 0 Å². The maximum atomic E-state index is 11.9. The van der Waals surface area contributed by atoms with Crippen LogP contribution in [0.2, 0.25) is 10.0 Å².